The zero-order chi connectivity index (χ0) is 9.80. The molecule has 14 heavy (non-hydrogen) atoms. The maximum atomic E-state index is 11.8. The largest absolute Gasteiger partial charge is 0.343 e. The molecule has 2 heterocycles. The highest BCUT2D eigenvalue weighted by molar-refractivity contribution is 5.77. The van der Waals surface area contributed by atoms with E-state index in [2.05, 4.69) is 5.32 Å². The zero-order valence-corrected chi connectivity index (χ0v) is 8.80. The fraction of sp³-hybridized carbons (Fsp3) is 0.909. The number of likely N-dealkylation sites (tertiary alicyclic amines) is 1. The molecule has 0 radical (unpaired) electrons. The molecule has 1 amide bonds. The highest BCUT2D eigenvalue weighted by atomic mass is 16.2. The highest BCUT2D eigenvalue weighted by Gasteiger charge is 2.22. The van der Waals surface area contributed by atoms with Crippen LogP contribution < -0.4 is 5.32 Å². The molecule has 3 heteroatoms. The monoisotopic (exact) mass is 196 g/mol. The molecule has 2 aliphatic rings. The van der Waals surface area contributed by atoms with Crippen LogP contribution in [0.4, 0.5) is 0 Å². The Balaban J connectivity index is 1.75. The predicted octanol–water partition coefficient (Wildman–Crippen LogP) is 1.14. The number of nitrogens with zero attached hydrogens (tertiary/aromatic N) is 1. The van der Waals surface area contributed by atoms with E-state index < -0.39 is 0 Å². The van der Waals surface area contributed by atoms with Crippen molar-refractivity contribution in [2.75, 3.05) is 19.6 Å². The molecule has 3 nitrogen and oxygen atoms in total. The number of piperidine rings is 1. The van der Waals surface area contributed by atoms with Crippen molar-refractivity contribution in [1.29, 1.82) is 0 Å². The summed E-state index contributed by atoms with van der Waals surface area (Å²) in [6, 6.07) is 0.455. The third-order valence-electron chi connectivity index (χ3n) is 3.29. The Bertz CT molecular complexity index is 193. The molecule has 0 aromatic heterocycles. The second kappa shape index (κ2) is 4.78. The maximum absolute atomic E-state index is 11.8. The van der Waals surface area contributed by atoms with Crippen LogP contribution >= 0.6 is 0 Å². The van der Waals surface area contributed by atoms with E-state index in [4.69, 9.17) is 0 Å². The van der Waals surface area contributed by atoms with Crippen molar-refractivity contribution >= 4 is 5.91 Å². The lowest BCUT2D eigenvalue weighted by molar-refractivity contribution is -0.130. The second-order valence-electron chi connectivity index (χ2n) is 4.44. The number of rotatable bonds is 2. The van der Waals surface area contributed by atoms with Crippen LogP contribution in [0.15, 0.2) is 0 Å². The van der Waals surface area contributed by atoms with Crippen LogP contribution in [0.25, 0.3) is 0 Å². The normalized spacial score (nSPS) is 28.0. The lowest BCUT2D eigenvalue weighted by Crippen LogP contribution is -2.39. The average Bonchev–Trinajstić information content (AvgIpc) is 2.72. The van der Waals surface area contributed by atoms with E-state index >= 15 is 0 Å². The van der Waals surface area contributed by atoms with Gasteiger partial charge in [0.1, 0.15) is 0 Å². The summed E-state index contributed by atoms with van der Waals surface area (Å²) >= 11 is 0. The van der Waals surface area contributed by atoms with Gasteiger partial charge in [-0.15, -0.1) is 0 Å². The SMILES string of the molecule is O=C(C[C@@H]1CCCCN1)N1CCCC1. The van der Waals surface area contributed by atoms with Gasteiger partial charge in [0.25, 0.3) is 0 Å². The standard InChI is InChI=1S/C11H20N2O/c14-11(13-7-3-4-8-13)9-10-5-1-2-6-12-10/h10,12H,1-9H2/t10-/m0/s1. The first-order valence-electron chi connectivity index (χ1n) is 5.87. The van der Waals surface area contributed by atoms with Gasteiger partial charge in [0.2, 0.25) is 5.91 Å². The predicted molar refractivity (Wildman–Crippen MR) is 56.1 cm³/mol. The van der Waals surface area contributed by atoms with E-state index in [-0.39, 0.29) is 0 Å². The molecule has 0 bridgehead atoms. The summed E-state index contributed by atoms with van der Waals surface area (Å²) in [6.07, 6.45) is 6.85. The van der Waals surface area contributed by atoms with Crippen LogP contribution in [0.1, 0.15) is 38.5 Å². The minimum Gasteiger partial charge on any atom is -0.343 e. The molecule has 0 spiro atoms. The molecule has 2 rings (SSSR count). The van der Waals surface area contributed by atoms with Gasteiger partial charge in [-0.05, 0) is 32.2 Å². The minimum atomic E-state index is 0.363. The van der Waals surface area contributed by atoms with Gasteiger partial charge < -0.3 is 10.2 Å². The smallest absolute Gasteiger partial charge is 0.224 e. The number of hydrogen-bond donors (Lipinski definition) is 1. The third-order valence-corrected chi connectivity index (χ3v) is 3.29. The number of hydrogen-bond acceptors (Lipinski definition) is 2. The van der Waals surface area contributed by atoms with E-state index in [0.29, 0.717) is 11.9 Å². The highest BCUT2D eigenvalue weighted by Crippen LogP contribution is 2.14. The molecule has 0 saturated carbocycles. The Morgan fingerprint density at radius 2 is 2.00 bits per heavy atom. The van der Waals surface area contributed by atoms with Crippen molar-refractivity contribution in [2.24, 2.45) is 0 Å². The summed E-state index contributed by atoms with van der Waals surface area (Å²) in [5.41, 5.74) is 0. The topological polar surface area (TPSA) is 32.3 Å². The van der Waals surface area contributed by atoms with Crippen molar-refractivity contribution in [2.45, 2.75) is 44.6 Å². The van der Waals surface area contributed by atoms with Gasteiger partial charge in [-0.3, -0.25) is 4.79 Å². The molecule has 0 aromatic carbocycles. The number of amides is 1. The maximum Gasteiger partial charge on any atom is 0.224 e. The number of carbonyl (C=O) groups is 1. The molecule has 1 N–H and O–H groups in total. The van der Waals surface area contributed by atoms with E-state index in [9.17, 15) is 4.79 Å². The molecule has 0 aromatic rings. The average molecular weight is 196 g/mol. The molecule has 80 valence electrons. The first-order valence-corrected chi connectivity index (χ1v) is 5.87. The van der Waals surface area contributed by atoms with Crippen LogP contribution in [0.2, 0.25) is 0 Å². The van der Waals surface area contributed by atoms with E-state index in [1.54, 1.807) is 0 Å². The van der Waals surface area contributed by atoms with Crippen molar-refractivity contribution in [3.8, 4) is 0 Å². The summed E-state index contributed by atoms with van der Waals surface area (Å²) in [4.78, 5) is 13.8. The first-order chi connectivity index (χ1) is 6.86. The lowest BCUT2D eigenvalue weighted by Gasteiger charge is -2.25. The molecule has 2 aliphatic heterocycles. The van der Waals surface area contributed by atoms with Crippen molar-refractivity contribution in [1.82, 2.24) is 10.2 Å². The lowest BCUT2D eigenvalue weighted by atomic mass is 10.0. The van der Waals surface area contributed by atoms with Gasteiger partial charge in [-0.25, -0.2) is 0 Å². The van der Waals surface area contributed by atoms with E-state index in [1.807, 2.05) is 4.90 Å². The zero-order valence-electron chi connectivity index (χ0n) is 8.80. The molecule has 2 saturated heterocycles. The van der Waals surface area contributed by atoms with Crippen LogP contribution in [0.5, 0.6) is 0 Å². The van der Waals surface area contributed by atoms with Gasteiger partial charge in [-0.2, -0.15) is 0 Å². The van der Waals surface area contributed by atoms with Crippen LogP contribution in [-0.4, -0.2) is 36.5 Å². The minimum absolute atomic E-state index is 0.363. The van der Waals surface area contributed by atoms with E-state index in [0.717, 1.165) is 26.1 Å². The Morgan fingerprint density at radius 3 is 2.64 bits per heavy atom. The van der Waals surface area contributed by atoms with Crippen molar-refractivity contribution < 1.29 is 4.79 Å². The summed E-state index contributed by atoms with van der Waals surface area (Å²) in [5.74, 6) is 0.363. The van der Waals surface area contributed by atoms with Crippen molar-refractivity contribution in [3.63, 3.8) is 0 Å². The second-order valence-corrected chi connectivity index (χ2v) is 4.44. The third kappa shape index (κ3) is 2.47. The van der Waals surface area contributed by atoms with Crippen LogP contribution in [0, 0.1) is 0 Å². The van der Waals surface area contributed by atoms with E-state index in [1.165, 1.54) is 32.1 Å². The van der Waals surface area contributed by atoms with Crippen LogP contribution in [-0.2, 0) is 4.79 Å². The van der Waals surface area contributed by atoms with Gasteiger partial charge in [0.05, 0.1) is 0 Å². The molecule has 1 atom stereocenters. The Hall–Kier alpha value is -0.570. The van der Waals surface area contributed by atoms with Crippen LogP contribution in [0.3, 0.4) is 0 Å². The van der Waals surface area contributed by atoms with Gasteiger partial charge in [-0.1, -0.05) is 6.42 Å². The quantitative estimate of drug-likeness (QED) is 0.718. The molecule has 0 unspecified atom stereocenters. The molecule has 2 fully saturated rings. The fourth-order valence-electron chi connectivity index (χ4n) is 2.40. The fourth-order valence-corrected chi connectivity index (χ4v) is 2.40. The number of carbonyl (C=O) groups excluding carboxylic acids is 1. The van der Waals surface area contributed by atoms with Gasteiger partial charge in [0.15, 0.2) is 0 Å². The Morgan fingerprint density at radius 1 is 1.21 bits per heavy atom. The molecule has 0 aliphatic carbocycles. The Kier molecular flexibility index (Phi) is 3.40. The Labute approximate surface area is 85.8 Å². The van der Waals surface area contributed by atoms with Crippen molar-refractivity contribution in [3.05, 3.63) is 0 Å². The number of nitrogens with one attached hydrogen (secondary N) is 1. The molecular formula is C11H20N2O. The summed E-state index contributed by atoms with van der Waals surface area (Å²) < 4.78 is 0. The van der Waals surface area contributed by atoms with Gasteiger partial charge in [0, 0.05) is 25.6 Å². The summed E-state index contributed by atoms with van der Waals surface area (Å²) in [5, 5.41) is 3.43. The summed E-state index contributed by atoms with van der Waals surface area (Å²) in [6.45, 7) is 3.08. The summed E-state index contributed by atoms with van der Waals surface area (Å²) in [7, 11) is 0. The first kappa shape index (κ1) is 9.97. The molecular weight excluding hydrogens is 176 g/mol. The van der Waals surface area contributed by atoms with Gasteiger partial charge >= 0.3 is 0 Å².